The Morgan fingerprint density at radius 3 is 2.62 bits per heavy atom. The first-order valence-electron chi connectivity index (χ1n) is 5.26. The summed E-state index contributed by atoms with van der Waals surface area (Å²) in [5, 5.41) is 0. The first-order valence-corrected chi connectivity index (χ1v) is 6.34. The van der Waals surface area contributed by atoms with E-state index in [-0.39, 0.29) is 5.97 Å². The number of hydrogen-bond acceptors (Lipinski definition) is 3. The van der Waals surface area contributed by atoms with E-state index in [0.29, 0.717) is 13.0 Å². The predicted molar refractivity (Wildman–Crippen MR) is 70.5 cm³/mol. The average Bonchev–Trinajstić information content (AvgIpc) is 2.28. The predicted octanol–water partition coefficient (Wildman–Crippen LogP) is 3.01. The van der Waals surface area contributed by atoms with Crippen LogP contribution >= 0.6 is 22.6 Å². The molecule has 0 bridgehead atoms. The summed E-state index contributed by atoms with van der Waals surface area (Å²) in [7, 11) is 0. The highest BCUT2D eigenvalue weighted by atomic mass is 127. The second-order valence-corrected chi connectivity index (χ2v) is 4.36. The van der Waals surface area contributed by atoms with Gasteiger partial charge in [-0.2, -0.15) is 0 Å². The van der Waals surface area contributed by atoms with Crippen LogP contribution < -0.4 is 4.74 Å². The average molecular weight is 334 g/mol. The normalized spacial score (nSPS) is 11.9. The van der Waals surface area contributed by atoms with E-state index >= 15 is 0 Å². The molecule has 3 nitrogen and oxygen atoms in total. The van der Waals surface area contributed by atoms with E-state index in [1.165, 1.54) is 0 Å². The molecule has 0 aliphatic heterocycles. The Hall–Kier alpha value is -0.780. The first-order chi connectivity index (χ1) is 7.69. The lowest BCUT2D eigenvalue weighted by atomic mass is 10.2. The zero-order chi connectivity index (χ0) is 12.0. The molecule has 1 aromatic rings. The molecular weight excluding hydrogens is 319 g/mol. The topological polar surface area (TPSA) is 35.5 Å². The Labute approximate surface area is 109 Å². The van der Waals surface area contributed by atoms with Gasteiger partial charge in [0, 0.05) is 0 Å². The van der Waals surface area contributed by atoms with Crippen LogP contribution in [0.4, 0.5) is 0 Å². The summed E-state index contributed by atoms with van der Waals surface area (Å²) in [5.74, 6) is 0.424. The number of halogens is 1. The van der Waals surface area contributed by atoms with Gasteiger partial charge in [-0.25, -0.2) is 4.79 Å². The maximum Gasteiger partial charge on any atom is 0.347 e. The third-order valence-corrected chi connectivity index (χ3v) is 2.92. The fourth-order valence-electron chi connectivity index (χ4n) is 1.23. The van der Waals surface area contributed by atoms with E-state index in [0.717, 1.165) is 9.32 Å². The maximum absolute atomic E-state index is 11.5. The quantitative estimate of drug-likeness (QED) is 0.613. The number of para-hydroxylation sites is 1. The molecule has 0 aliphatic carbocycles. The Morgan fingerprint density at radius 1 is 1.38 bits per heavy atom. The molecule has 0 saturated heterocycles. The van der Waals surface area contributed by atoms with Crippen LogP contribution in [0.5, 0.6) is 5.75 Å². The summed E-state index contributed by atoms with van der Waals surface area (Å²) >= 11 is 2.18. The second-order valence-electron chi connectivity index (χ2n) is 3.20. The van der Waals surface area contributed by atoms with E-state index in [9.17, 15) is 4.79 Å². The number of carbonyl (C=O) groups is 1. The number of benzene rings is 1. The summed E-state index contributed by atoms with van der Waals surface area (Å²) < 4.78 is 11.6. The van der Waals surface area contributed by atoms with Crippen molar-refractivity contribution in [2.45, 2.75) is 26.4 Å². The van der Waals surface area contributed by atoms with Gasteiger partial charge in [0.2, 0.25) is 0 Å². The third-order valence-electron chi connectivity index (χ3n) is 2.03. The molecule has 0 fully saturated rings. The molecule has 1 aromatic carbocycles. The van der Waals surface area contributed by atoms with E-state index in [1.807, 2.05) is 31.2 Å². The molecule has 1 unspecified atom stereocenters. The highest BCUT2D eigenvalue weighted by Gasteiger charge is 2.20. The van der Waals surface area contributed by atoms with Crippen LogP contribution in [0.3, 0.4) is 0 Å². The minimum atomic E-state index is -0.518. The lowest BCUT2D eigenvalue weighted by molar-refractivity contribution is -0.151. The van der Waals surface area contributed by atoms with Crippen LogP contribution in [0, 0.1) is 3.57 Å². The molecule has 16 heavy (non-hydrogen) atoms. The number of esters is 1. The van der Waals surface area contributed by atoms with E-state index in [2.05, 4.69) is 22.6 Å². The first kappa shape index (κ1) is 13.3. The second kappa shape index (κ2) is 6.73. The smallest absolute Gasteiger partial charge is 0.347 e. The van der Waals surface area contributed by atoms with Crippen molar-refractivity contribution in [2.75, 3.05) is 6.61 Å². The minimum Gasteiger partial charge on any atom is -0.478 e. The summed E-state index contributed by atoms with van der Waals surface area (Å²) in [6, 6.07) is 7.60. The van der Waals surface area contributed by atoms with E-state index < -0.39 is 6.10 Å². The zero-order valence-electron chi connectivity index (χ0n) is 9.40. The summed E-state index contributed by atoms with van der Waals surface area (Å²) in [5.41, 5.74) is 0. The van der Waals surface area contributed by atoms with Crippen molar-refractivity contribution in [1.29, 1.82) is 0 Å². The van der Waals surface area contributed by atoms with Crippen molar-refractivity contribution in [3.05, 3.63) is 27.8 Å². The van der Waals surface area contributed by atoms with Gasteiger partial charge in [0.1, 0.15) is 5.75 Å². The van der Waals surface area contributed by atoms with Gasteiger partial charge in [-0.3, -0.25) is 0 Å². The van der Waals surface area contributed by atoms with Gasteiger partial charge in [-0.1, -0.05) is 19.1 Å². The van der Waals surface area contributed by atoms with Crippen molar-refractivity contribution in [1.82, 2.24) is 0 Å². The standard InChI is InChI=1S/C12H15IO3/c1-3-10(12(14)15-4-2)16-11-8-6-5-7-9(11)13/h5-8,10H,3-4H2,1-2H3. The molecule has 1 atom stereocenters. The van der Waals surface area contributed by atoms with E-state index in [4.69, 9.17) is 9.47 Å². The fourth-order valence-corrected chi connectivity index (χ4v) is 1.74. The van der Waals surface area contributed by atoms with Gasteiger partial charge in [0.25, 0.3) is 0 Å². The molecule has 0 heterocycles. The third kappa shape index (κ3) is 3.66. The monoisotopic (exact) mass is 334 g/mol. The Morgan fingerprint density at radius 2 is 2.06 bits per heavy atom. The largest absolute Gasteiger partial charge is 0.478 e. The fraction of sp³-hybridized carbons (Fsp3) is 0.417. The number of hydrogen-bond donors (Lipinski definition) is 0. The number of carbonyl (C=O) groups excluding carboxylic acids is 1. The van der Waals surface area contributed by atoms with Gasteiger partial charge in [-0.05, 0) is 48.1 Å². The molecule has 1 rings (SSSR count). The van der Waals surface area contributed by atoms with Gasteiger partial charge in [0.15, 0.2) is 6.10 Å². The van der Waals surface area contributed by atoms with Crippen molar-refractivity contribution in [3.8, 4) is 5.75 Å². The zero-order valence-corrected chi connectivity index (χ0v) is 11.6. The Bertz CT molecular complexity index is 352. The molecule has 0 amide bonds. The van der Waals surface area contributed by atoms with Crippen molar-refractivity contribution >= 4 is 28.6 Å². The molecule has 0 N–H and O–H groups in total. The van der Waals surface area contributed by atoms with Crippen LogP contribution in [-0.2, 0) is 9.53 Å². The van der Waals surface area contributed by atoms with Crippen LogP contribution in [0.15, 0.2) is 24.3 Å². The van der Waals surface area contributed by atoms with Gasteiger partial charge < -0.3 is 9.47 Å². The van der Waals surface area contributed by atoms with Crippen LogP contribution in [0.25, 0.3) is 0 Å². The summed E-state index contributed by atoms with van der Waals surface area (Å²) in [6.07, 6.45) is 0.0833. The van der Waals surface area contributed by atoms with Crippen molar-refractivity contribution < 1.29 is 14.3 Å². The lowest BCUT2D eigenvalue weighted by Gasteiger charge is -2.16. The molecule has 0 aliphatic rings. The Balaban J connectivity index is 2.70. The molecule has 0 radical (unpaired) electrons. The van der Waals surface area contributed by atoms with Gasteiger partial charge >= 0.3 is 5.97 Å². The number of ether oxygens (including phenoxy) is 2. The molecule has 0 aromatic heterocycles. The Kier molecular flexibility index (Phi) is 5.59. The van der Waals surface area contributed by atoms with Crippen LogP contribution in [-0.4, -0.2) is 18.7 Å². The molecular formula is C12H15IO3. The summed E-state index contributed by atoms with van der Waals surface area (Å²) in [6.45, 7) is 4.07. The summed E-state index contributed by atoms with van der Waals surface area (Å²) in [4.78, 5) is 11.5. The van der Waals surface area contributed by atoms with Gasteiger partial charge in [0.05, 0.1) is 10.2 Å². The number of rotatable bonds is 5. The highest BCUT2D eigenvalue weighted by Crippen LogP contribution is 2.21. The van der Waals surface area contributed by atoms with E-state index in [1.54, 1.807) is 6.92 Å². The van der Waals surface area contributed by atoms with Crippen LogP contribution in [0.2, 0.25) is 0 Å². The molecule has 4 heteroatoms. The molecule has 88 valence electrons. The highest BCUT2D eigenvalue weighted by molar-refractivity contribution is 14.1. The molecule has 0 spiro atoms. The SMILES string of the molecule is CCOC(=O)C(CC)Oc1ccccc1I. The van der Waals surface area contributed by atoms with Gasteiger partial charge in [-0.15, -0.1) is 0 Å². The molecule has 0 saturated carbocycles. The lowest BCUT2D eigenvalue weighted by Crippen LogP contribution is -2.28. The van der Waals surface area contributed by atoms with Crippen molar-refractivity contribution in [2.24, 2.45) is 0 Å². The minimum absolute atomic E-state index is 0.301. The van der Waals surface area contributed by atoms with Crippen molar-refractivity contribution in [3.63, 3.8) is 0 Å². The maximum atomic E-state index is 11.5. The van der Waals surface area contributed by atoms with Crippen LogP contribution in [0.1, 0.15) is 20.3 Å².